The van der Waals surface area contributed by atoms with Gasteiger partial charge in [-0.15, -0.1) is 0 Å². The highest BCUT2D eigenvalue weighted by molar-refractivity contribution is 5.94. The summed E-state index contributed by atoms with van der Waals surface area (Å²) in [6, 6.07) is 3.17. The van der Waals surface area contributed by atoms with Crippen LogP contribution in [0.2, 0.25) is 0 Å². The van der Waals surface area contributed by atoms with Gasteiger partial charge in [0, 0.05) is 31.3 Å². The van der Waals surface area contributed by atoms with Crippen LogP contribution in [0.5, 0.6) is 0 Å². The highest BCUT2D eigenvalue weighted by Crippen LogP contribution is 2.17. The quantitative estimate of drug-likeness (QED) is 0.915. The molecule has 3 rings (SSSR count). The van der Waals surface area contributed by atoms with Crippen molar-refractivity contribution < 1.29 is 23.1 Å². The highest BCUT2D eigenvalue weighted by atomic mass is 19.2. The molecule has 5 nitrogen and oxygen atoms in total. The molecular weight excluding hydrogens is 318 g/mol. The predicted octanol–water partition coefficient (Wildman–Crippen LogP) is 1.86. The zero-order chi connectivity index (χ0) is 17.1. The fourth-order valence-electron chi connectivity index (χ4n) is 3.12. The Balaban J connectivity index is 1.51. The first-order chi connectivity index (χ1) is 11.5. The molecule has 2 amide bonds. The van der Waals surface area contributed by atoms with Crippen LogP contribution in [0.25, 0.3) is 0 Å². The van der Waals surface area contributed by atoms with E-state index in [2.05, 4.69) is 5.32 Å². The molecule has 1 unspecified atom stereocenters. The van der Waals surface area contributed by atoms with Crippen molar-refractivity contribution in [3.8, 4) is 0 Å². The van der Waals surface area contributed by atoms with Gasteiger partial charge >= 0.3 is 0 Å². The highest BCUT2D eigenvalue weighted by Gasteiger charge is 2.29. The third-order valence-corrected chi connectivity index (χ3v) is 4.52. The smallest absolute Gasteiger partial charge is 0.253 e. The van der Waals surface area contributed by atoms with Gasteiger partial charge in [0.15, 0.2) is 11.6 Å². The number of piperidine rings is 1. The first-order valence-electron chi connectivity index (χ1n) is 8.21. The Morgan fingerprint density at radius 1 is 1.12 bits per heavy atom. The molecule has 2 heterocycles. The largest absolute Gasteiger partial charge is 0.368 e. The summed E-state index contributed by atoms with van der Waals surface area (Å²) in [5, 5.41) is 2.97. The van der Waals surface area contributed by atoms with Gasteiger partial charge in [-0.3, -0.25) is 9.59 Å². The van der Waals surface area contributed by atoms with E-state index in [0.29, 0.717) is 32.5 Å². The molecule has 2 aliphatic rings. The Morgan fingerprint density at radius 2 is 1.88 bits per heavy atom. The molecule has 7 heteroatoms. The standard InChI is InChI=1S/C17H20F2N2O3/c18-13-4-3-11(10-14(13)19)17(23)21-7-5-12(6-8-21)20-16(22)15-2-1-9-24-15/h3-4,10,12,15H,1-2,5-9H2,(H,20,22). The molecule has 0 saturated carbocycles. The number of nitrogens with one attached hydrogen (secondary N) is 1. The molecule has 1 atom stereocenters. The van der Waals surface area contributed by atoms with Gasteiger partial charge in [0.1, 0.15) is 6.10 Å². The number of hydrogen-bond acceptors (Lipinski definition) is 3. The number of halogens is 2. The summed E-state index contributed by atoms with van der Waals surface area (Å²) in [6.45, 7) is 1.56. The second kappa shape index (κ2) is 7.25. The molecule has 0 aliphatic carbocycles. The summed E-state index contributed by atoms with van der Waals surface area (Å²) < 4.78 is 31.6. The molecule has 0 aromatic heterocycles. The van der Waals surface area contributed by atoms with E-state index in [1.807, 2.05) is 0 Å². The van der Waals surface area contributed by atoms with E-state index < -0.39 is 11.6 Å². The monoisotopic (exact) mass is 338 g/mol. The number of carbonyl (C=O) groups excluding carboxylic acids is 2. The Morgan fingerprint density at radius 3 is 2.50 bits per heavy atom. The summed E-state index contributed by atoms with van der Waals surface area (Å²) in [6.07, 6.45) is 2.56. The van der Waals surface area contributed by atoms with Crippen molar-refractivity contribution in [1.29, 1.82) is 0 Å². The van der Waals surface area contributed by atoms with Crippen LogP contribution in [0.4, 0.5) is 8.78 Å². The summed E-state index contributed by atoms with van der Waals surface area (Å²) in [4.78, 5) is 26.0. The number of nitrogens with zero attached hydrogens (tertiary/aromatic N) is 1. The third kappa shape index (κ3) is 3.72. The van der Waals surface area contributed by atoms with Crippen LogP contribution in [0.3, 0.4) is 0 Å². The average molecular weight is 338 g/mol. The molecule has 0 bridgehead atoms. The third-order valence-electron chi connectivity index (χ3n) is 4.52. The van der Waals surface area contributed by atoms with Crippen molar-refractivity contribution in [2.75, 3.05) is 19.7 Å². The maximum Gasteiger partial charge on any atom is 0.253 e. The van der Waals surface area contributed by atoms with Crippen molar-refractivity contribution in [1.82, 2.24) is 10.2 Å². The van der Waals surface area contributed by atoms with E-state index >= 15 is 0 Å². The van der Waals surface area contributed by atoms with Crippen molar-refractivity contribution in [2.24, 2.45) is 0 Å². The average Bonchev–Trinajstić information content (AvgIpc) is 3.12. The number of carbonyl (C=O) groups is 2. The normalized spacial score (nSPS) is 21.8. The van der Waals surface area contributed by atoms with E-state index in [1.165, 1.54) is 6.07 Å². The lowest BCUT2D eigenvalue weighted by molar-refractivity contribution is -0.131. The minimum Gasteiger partial charge on any atom is -0.368 e. The molecule has 24 heavy (non-hydrogen) atoms. The van der Waals surface area contributed by atoms with Crippen LogP contribution in [-0.4, -0.2) is 48.6 Å². The van der Waals surface area contributed by atoms with E-state index in [4.69, 9.17) is 4.74 Å². The topological polar surface area (TPSA) is 58.6 Å². The van der Waals surface area contributed by atoms with Crippen molar-refractivity contribution in [3.63, 3.8) is 0 Å². The summed E-state index contributed by atoms with van der Waals surface area (Å²) in [5.74, 6) is -2.41. The number of benzene rings is 1. The van der Waals surface area contributed by atoms with Crippen molar-refractivity contribution >= 4 is 11.8 Å². The number of amides is 2. The fraction of sp³-hybridized carbons (Fsp3) is 0.529. The molecule has 130 valence electrons. The Hall–Kier alpha value is -2.02. The first-order valence-corrected chi connectivity index (χ1v) is 8.21. The lowest BCUT2D eigenvalue weighted by atomic mass is 10.0. The number of likely N-dealkylation sites (tertiary alicyclic amines) is 1. The van der Waals surface area contributed by atoms with E-state index in [1.54, 1.807) is 4.90 Å². The van der Waals surface area contributed by atoms with Gasteiger partial charge in [-0.1, -0.05) is 0 Å². The van der Waals surface area contributed by atoms with Crippen molar-refractivity contribution in [2.45, 2.75) is 37.8 Å². The first kappa shape index (κ1) is 16.8. The zero-order valence-electron chi connectivity index (χ0n) is 13.3. The number of ether oxygens (including phenoxy) is 1. The second-order valence-corrected chi connectivity index (χ2v) is 6.21. The van der Waals surface area contributed by atoms with Gasteiger partial charge in [-0.25, -0.2) is 8.78 Å². The van der Waals surface area contributed by atoms with E-state index in [0.717, 1.165) is 25.0 Å². The van der Waals surface area contributed by atoms with Gasteiger partial charge in [0.2, 0.25) is 5.91 Å². The van der Waals surface area contributed by atoms with Crippen LogP contribution in [0.1, 0.15) is 36.0 Å². The van der Waals surface area contributed by atoms with Gasteiger partial charge in [-0.05, 0) is 43.9 Å². The Labute approximate surface area is 139 Å². The van der Waals surface area contributed by atoms with Crippen LogP contribution in [0.15, 0.2) is 18.2 Å². The second-order valence-electron chi connectivity index (χ2n) is 6.21. The molecule has 2 saturated heterocycles. The maximum absolute atomic E-state index is 13.3. The number of hydrogen-bond donors (Lipinski definition) is 1. The molecule has 0 spiro atoms. The van der Waals surface area contributed by atoms with Crippen LogP contribution in [-0.2, 0) is 9.53 Å². The summed E-state index contributed by atoms with van der Waals surface area (Å²) in [7, 11) is 0. The van der Waals surface area contributed by atoms with Crippen LogP contribution >= 0.6 is 0 Å². The van der Waals surface area contributed by atoms with Gasteiger partial charge in [-0.2, -0.15) is 0 Å². The van der Waals surface area contributed by atoms with Gasteiger partial charge in [0.05, 0.1) is 0 Å². The lowest BCUT2D eigenvalue weighted by Crippen LogP contribution is -2.48. The molecule has 2 fully saturated rings. The van der Waals surface area contributed by atoms with Gasteiger partial charge < -0.3 is 15.0 Å². The molecule has 1 aromatic carbocycles. The predicted molar refractivity (Wildman–Crippen MR) is 82.4 cm³/mol. The van der Waals surface area contributed by atoms with Crippen LogP contribution in [0, 0.1) is 11.6 Å². The van der Waals surface area contributed by atoms with E-state index in [-0.39, 0.29) is 29.5 Å². The summed E-state index contributed by atoms with van der Waals surface area (Å²) in [5.41, 5.74) is 0.135. The summed E-state index contributed by atoms with van der Waals surface area (Å²) >= 11 is 0. The minimum absolute atomic E-state index is 0.00991. The fourth-order valence-corrected chi connectivity index (χ4v) is 3.12. The molecular formula is C17H20F2N2O3. The van der Waals surface area contributed by atoms with Crippen LogP contribution < -0.4 is 5.32 Å². The molecule has 1 aromatic rings. The number of rotatable bonds is 3. The maximum atomic E-state index is 13.3. The molecule has 1 N–H and O–H groups in total. The Kier molecular flexibility index (Phi) is 5.08. The molecule has 0 radical (unpaired) electrons. The minimum atomic E-state index is -1.03. The van der Waals surface area contributed by atoms with E-state index in [9.17, 15) is 18.4 Å². The molecule has 2 aliphatic heterocycles. The van der Waals surface area contributed by atoms with Gasteiger partial charge in [0.25, 0.3) is 5.91 Å². The SMILES string of the molecule is O=C(NC1CCN(C(=O)c2ccc(F)c(F)c2)CC1)C1CCCO1. The lowest BCUT2D eigenvalue weighted by Gasteiger charge is -2.33. The van der Waals surface area contributed by atoms with Crippen molar-refractivity contribution in [3.05, 3.63) is 35.4 Å². The Bertz CT molecular complexity index is 624. The zero-order valence-corrected chi connectivity index (χ0v) is 13.3.